The molecule has 5 heteroatoms. The molecule has 0 atom stereocenters. The largest absolute Gasteiger partial charge is 0.454 e. The Labute approximate surface area is 118 Å². The molecule has 0 saturated heterocycles. The van der Waals surface area contributed by atoms with Gasteiger partial charge in [-0.3, -0.25) is 0 Å². The Kier molecular flexibility index (Phi) is 4.15. The summed E-state index contributed by atoms with van der Waals surface area (Å²) in [4.78, 5) is 0. The van der Waals surface area contributed by atoms with Crippen LogP contribution in [0.3, 0.4) is 0 Å². The van der Waals surface area contributed by atoms with Crippen LogP contribution in [0.25, 0.3) is 0 Å². The van der Waals surface area contributed by atoms with Gasteiger partial charge in [0.2, 0.25) is 0 Å². The molecule has 0 saturated carbocycles. The number of benzene rings is 2. The van der Waals surface area contributed by atoms with E-state index in [2.05, 4.69) is 15.9 Å². The van der Waals surface area contributed by atoms with Crippen LogP contribution in [0, 0.1) is 17.1 Å². The summed E-state index contributed by atoms with van der Waals surface area (Å²) in [6.07, 6.45) is 0. The van der Waals surface area contributed by atoms with Crippen LogP contribution in [0.1, 0.15) is 11.1 Å². The maximum absolute atomic E-state index is 13.9. The number of hydrogen-bond donors (Lipinski definition) is 1. The van der Waals surface area contributed by atoms with Gasteiger partial charge >= 0.3 is 0 Å². The summed E-state index contributed by atoms with van der Waals surface area (Å²) in [6.45, 7) is -0.0585. The van der Waals surface area contributed by atoms with Crippen LogP contribution in [0.2, 0.25) is 0 Å². The van der Waals surface area contributed by atoms with E-state index in [1.165, 1.54) is 12.1 Å². The zero-order valence-electron chi connectivity index (χ0n) is 9.73. The quantitative estimate of drug-likeness (QED) is 0.936. The minimum Gasteiger partial charge on any atom is -0.454 e. The van der Waals surface area contributed by atoms with E-state index in [9.17, 15) is 4.39 Å². The Morgan fingerprint density at radius 2 is 1.89 bits per heavy atom. The van der Waals surface area contributed by atoms with E-state index in [-0.39, 0.29) is 22.4 Å². The van der Waals surface area contributed by atoms with E-state index in [4.69, 9.17) is 15.1 Å². The number of ether oxygens (including phenoxy) is 1. The first-order valence-corrected chi connectivity index (χ1v) is 6.20. The van der Waals surface area contributed by atoms with Gasteiger partial charge in [0.25, 0.3) is 0 Å². The van der Waals surface area contributed by atoms with Gasteiger partial charge in [0.1, 0.15) is 11.8 Å². The Morgan fingerprint density at radius 1 is 1.21 bits per heavy atom. The number of hydrogen-bond acceptors (Lipinski definition) is 3. The van der Waals surface area contributed by atoms with Gasteiger partial charge < -0.3 is 9.84 Å². The van der Waals surface area contributed by atoms with Gasteiger partial charge in [-0.25, -0.2) is 4.39 Å². The summed E-state index contributed by atoms with van der Waals surface area (Å²) >= 11 is 3.02. The van der Waals surface area contributed by atoms with Crippen LogP contribution in [-0.4, -0.2) is 5.11 Å². The molecule has 2 rings (SSSR count). The SMILES string of the molecule is N#Cc1ccc(Oc2ccc(CO)cc2)c(F)c1Br. The van der Waals surface area contributed by atoms with Crippen LogP contribution >= 0.6 is 15.9 Å². The fraction of sp³-hybridized carbons (Fsp3) is 0.0714. The minimum atomic E-state index is -0.620. The van der Waals surface area contributed by atoms with Crippen molar-refractivity contribution in [1.82, 2.24) is 0 Å². The molecule has 1 N–H and O–H groups in total. The van der Waals surface area contributed by atoms with E-state index >= 15 is 0 Å². The zero-order chi connectivity index (χ0) is 13.8. The molecule has 0 unspecified atom stereocenters. The van der Waals surface area contributed by atoms with E-state index < -0.39 is 5.82 Å². The van der Waals surface area contributed by atoms with Crippen molar-refractivity contribution in [3.05, 3.63) is 57.8 Å². The lowest BCUT2D eigenvalue weighted by molar-refractivity contribution is 0.281. The van der Waals surface area contributed by atoms with E-state index in [0.717, 1.165) is 5.56 Å². The highest BCUT2D eigenvalue weighted by Crippen LogP contribution is 2.31. The number of aliphatic hydroxyl groups excluding tert-OH is 1. The Morgan fingerprint density at radius 3 is 2.47 bits per heavy atom. The van der Waals surface area contributed by atoms with Gasteiger partial charge in [-0.15, -0.1) is 0 Å². The highest BCUT2D eigenvalue weighted by molar-refractivity contribution is 9.10. The first-order chi connectivity index (χ1) is 9.15. The van der Waals surface area contributed by atoms with Crippen molar-refractivity contribution in [1.29, 1.82) is 5.26 Å². The van der Waals surface area contributed by atoms with E-state index in [1.807, 2.05) is 6.07 Å². The van der Waals surface area contributed by atoms with E-state index in [1.54, 1.807) is 24.3 Å². The predicted molar refractivity (Wildman–Crippen MR) is 71.3 cm³/mol. The summed E-state index contributed by atoms with van der Waals surface area (Å²) in [5.41, 5.74) is 0.953. The third kappa shape index (κ3) is 2.92. The Balaban J connectivity index is 2.28. The van der Waals surface area contributed by atoms with Crippen LogP contribution in [0.15, 0.2) is 40.9 Å². The summed E-state index contributed by atoms with van der Waals surface area (Å²) in [5.74, 6) is -0.138. The summed E-state index contributed by atoms with van der Waals surface area (Å²) in [5, 5.41) is 17.7. The topological polar surface area (TPSA) is 53.2 Å². The lowest BCUT2D eigenvalue weighted by atomic mass is 10.2. The highest BCUT2D eigenvalue weighted by atomic mass is 79.9. The van der Waals surface area contributed by atoms with Gasteiger partial charge in [-0.1, -0.05) is 12.1 Å². The summed E-state index contributed by atoms with van der Waals surface area (Å²) in [7, 11) is 0. The molecule has 3 nitrogen and oxygen atoms in total. The van der Waals surface area contributed by atoms with Crippen LogP contribution in [0.4, 0.5) is 4.39 Å². The minimum absolute atomic E-state index is 0.0302. The first-order valence-electron chi connectivity index (χ1n) is 5.41. The Hall–Kier alpha value is -1.90. The van der Waals surface area contributed by atoms with Crippen molar-refractivity contribution < 1.29 is 14.2 Å². The molecule has 0 amide bonds. The van der Waals surface area contributed by atoms with E-state index in [0.29, 0.717) is 5.75 Å². The lowest BCUT2D eigenvalue weighted by Crippen LogP contribution is -1.92. The molecule has 96 valence electrons. The predicted octanol–water partition coefficient (Wildman–Crippen LogP) is 3.74. The highest BCUT2D eigenvalue weighted by Gasteiger charge is 2.12. The molecule has 0 radical (unpaired) electrons. The maximum Gasteiger partial charge on any atom is 0.181 e. The molecule has 2 aromatic carbocycles. The first kappa shape index (κ1) is 13.5. The van der Waals surface area contributed by atoms with Gasteiger partial charge in [0, 0.05) is 0 Å². The zero-order valence-corrected chi connectivity index (χ0v) is 11.3. The molecule has 0 spiro atoms. The molecule has 19 heavy (non-hydrogen) atoms. The number of nitrogens with zero attached hydrogens (tertiary/aromatic N) is 1. The normalized spacial score (nSPS) is 10.0. The number of halogens is 2. The number of aliphatic hydroxyl groups is 1. The summed E-state index contributed by atoms with van der Waals surface area (Å²) < 4.78 is 19.4. The van der Waals surface area contributed by atoms with Crippen LogP contribution in [0.5, 0.6) is 11.5 Å². The molecule has 0 bridgehead atoms. The Bertz CT molecular complexity index is 635. The van der Waals surface area contributed by atoms with Crippen molar-refractivity contribution in [3.63, 3.8) is 0 Å². The second-order valence-electron chi connectivity index (χ2n) is 3.76. The molecule has 0 aliphatic rings. The smallest absolute Gasteiger partial charge is 0.181 e. The average molecular weight is 322 g/mol. The monoisotopic (exact) mass is 321 g/mol. The van der Waals surface area contributed by atoms with Crippen LogP contribution in [-0.2, 0) is 6.61 Å². The van der Waals surface area contributed by atoms with Crippen molar-refractivity contribution in [2.75, 3.05) is 0 Å². The number of rotatable bonds is 3. The fourth-order valence-electron chi connectivity index (χ4n) is 1.49. The van der Waals surface area contributed by atoms with Crippen molar-refractivity contribution in [2.24, 2.45) is 0 Å². The third-order valence-electron chi connectivity index (χ3n) is 2.50. The molecular weight excluding hydrogens is 313 g/mol. The molecule has 0 aliphatic heterocycles. The molecular formula is C14H9BrFNO2. The third-order valence-corrected chi connectivity index (χ3v) is 3.28. The van der Waals surface area contributed by atoms with Gasteiger partial charge in [-0.05, 0) is 45.8 Å². The molecule has 0 aromatic heterocycles. The molecule has 0 heterocycles. The fourth-order valence-corrected chi connectivity index (χ4v) is 1.90. The second kappa shape index (κ2) is 5.83. The van der Waals surface area contributed by atoms with Crippen molar-refractivity contribution in [3.8, 4) is 17.6 Å². The van der Waals surface area contributed by atoms with Gasteiger partial charge in [-0.2, -0.15) is 5.26 Å². The standard InChI is InChI=1S/C14H9BrFNO2/c15-13-10(7-17)3-6-12(14(13)16)19-11-4-1-9(8-18)2-5-11/h1-6,18H,8H2. The maximum atomic E-state index is 13.9. The van der Waals surface area contributed by atoms with Gasteiger partial charge in [0.15, 0.2) is 11.6 Å². The van der Waals surface area contributed by atoms with Gasteiger partial charge in [0.05, 0.1) is 16.6 Å². The molecule has 2 aromatic rings. The number of nitriles is 1. The molecule has 0 fully saturated rings. The van der Waals surface area contributed by atoms with Crippen molar-refractivity contribution in [2.45, 2.75) is 6.61 Å². The summed E-state index contributed by atoms with van der Waals surface area (Å²) in [6, 6.07) is 11.4. The average Bonchev–Trinajstić information content (AvgIpc) is 2.45. The second-order valence-corrected chi connectivity index (χ2v) is 4.55. The van der Waals surface area contributed by atoms with Crippen LogP contribution < -0.4 is 4.74 Å². The lowest BCUT2D eigenvalue weighted by Gasteiger charge is -2.08. The molecule has 0 aliphatic carbocycles. The van der Waals surface area contributed by atoms with Crippen molar-refractivity contribution >= 4 is 15.9 Å².